The van der Waals surface area contributed by atoms with E-state index in [9.17, 15) is 9.59 Å². The van der Waals surface area contributed by atoms with Crippen LogP contribution in [0.15, 0.2) is 65.9 Å². The quantitative estimate of drug-likeness (QED) is 0.476. The van der Waals surface area contributed by atoms with Gasteiger partial charge < -0.3 is 19.5 Å². The number of rotatable bonds is 9. The van der Waals surface area contributed by atoms with E-state index in [1.54, 1.807) is 12.0 Å². The first-order chi connectivity index (χ1) is 15.6. The van der Waals surface area contributed by atoms with Gasteiger partial charge in [-0.15, -0.1) is 0 Å². The van der Waals surface area contributed by atoms with Crippen molar-refractivity contribution in [3.8, 4) is 5.75 Å². The molecule has 0 aromatic heterocycles. The number of nitrogens with one attached hydrogen (secondary N) is 1. The fourth-order valence-corrected chi connectivity index (χ4v) is 3.86. The van der Waals surface area contributed by atoms with Gasteiger partial charge in [0, 0.05) is 18.8 Å². The first-order valence-corrected chi connectivity index (χ1v) is 10.8. The Kier molecular flexibility index (Phi) is 6.75. The maximum Gasteiger partial charge on any atom is 0.338 e. The Bertz CT molecular complexity index is 1000. The summed E-state index contributed by atoms with van der Waals surface area (Å²) >= 11 is 0. The van der Waals surface area contributed by atoms with Crippen molar-refractivity contribution >= 4 is 12.0 Å². The second-order valence-corrected chi connectivity index (χ2v) is 7.96. The maximum atomic E-state index is 13.0. The zero-order valence-corrected chi connectivity index (χ0v) is 18.4. The predicted octanol–water partition coefficient (Wildman–Crippen LogP) is 3.96. The van der Waals surface area contributed by atoms with Gasteiger partial charge in [0.15, 0.2) is 0 Å². The van der Waals surface area contributed by atoms with Crippen LogP contribution in [0.5, 0.6) is 5.75 Å². The number of benzene rings is 2. The van der Waals surface area contributed by atoms with Crippen LogP contribution in [-0.2, 0) is 20.9 Å². The first kappa shape index (κ1) is 21.9. The summed E-state index contributed by atoms with van der Waals surface area (Å²) in [7, 11) is 1.55. The molecule has 2 aromatic carbocycles. The van der Waals surface area contributed by atoms with Crippen molar-refractivity contribution in [1.82, 2.24) is 10.2 Å². The van der Waals surface area contributed by atoms with Gasteiger partial charge in [0.2, 0.25) is 0 Å². The maximum absolute atomic E-state index is 13.0. The highest BCUT2D eigenvalue weighted by molar-refractivity contribution is 5.95. The van der Waals surface area contributed by atoms with Crippen molar-refractivity contribution < 1.29 is 23.8 Å². The molecule has 0 radical (unpaired) electrons. The molecule has 0 bridgehead atoms. The summed E-state index contributed by atoms with van der Waals surface area (Å²) in [5.41, 5.74) is 2.89. The topological polar surface area (TPSA) is 77.1 Å². The van der Waals surface area contributed by atoms with E-state index in [4.69, 9.17) is 14.2 Å². The number of methoxy groups -OCH3 is 1. The van der Waals surface area contributed by atoms with Gasteiger partial charge in [-0.25, -0.2) is 9.59 Å². The summed E-state index contributed by atoms with van der Waals surface area (Å²) in [5.74, 6) is 0.209. The fourth-order valence-electron chi connectivity index (χ4n) is 3.86. The van der Waals surface area contributed by atoms with E-state index in [1.807, 2.05) is 61.5 Å². The van der Waals surface area contributed by atoms with E-state index in [1.165, 1.54) is 0 Å². The van der Waals surface area contributed by atoms with Gasteiger partial charge in [-0.05, 0) is 43.0 Å². The summed E-state index contributed by atoms with van der Waals surface area (Å²) in [6.45, 7) is 2.70. The SMILES string of the molecule is COCCOC(=O)C1=C(C)N(C2CC2)C(=O)NC1c1cccc(OCc2ccccc2)c1. The minimum Gasteiger partial charge on any atom is -0.489 e. The largest absolute Gasteiger partial charge is 0.489 e. The Morgan fingerprint density at radius 3 is 2.59 bits per heavy atom. The molecule has 7 heteroatoms. The Morgan fingerprint density at radius 2 is 1.88 bits per heavy atom. The molecule has 0 spiro atoms. The van der Waals surface area contributed by atoms with Crippen molar-refractivity contribution in [1.29, 1.82) is 0 Å². The van der Waals surface area contributed by atoms with Gasteiger partial charge in [0.1, 0.15) is 19.0 Å². The average Bonchev–Trinajstić information content (AvgIpc) is 3.63. The summed E-state index contributed by atoms with van der Waals surface area (Å²) < 4.78 is 16.4. The molecule has 1 fully saturated rings. The third-order valence-corrected chi connectivity index (χ3v) is 5.62. The first-order valence-electron chi connectivity index (χ1n) is 10.8. The van der Waals surface area contributed by atoms with E-state index < -0.39 is 12.0 Å². The van der Waals surface area contributed by atoms with Crippen LogP contribution >= 0.6 is 0 Å². The number of urea groups is 1. The van der Waals surface area contributed by atoms with Crippen molar-refractivity contribution in [2.75, 3.05) is 20.3 Å². The van der Waals surface area contributed by atoms with Crippen LogP contribution < -0.4 is 10.1 Å². The van der Waals surface area contributed by atoms with Crippen molar-refractivity contribution in [3.63, 3.8) is 0 Å². The van der Waals surface area contributed by atoms with Crippen LogP contribution in [0.2, 0.25) is 0 Å². The molecule has 1 atom stereocenters. The molecule has 1 aliphatic carbocycles. The van der Waals surface area contributed by atoms with Crippen LogP contribution in [0.1, 0.15) is 36.9 Å². The monoisotopic (exact) mass is 436 g/mol. The van der Waals surface area contributed by atoms with Crippen LogP contribution in [0.3, 0.4) is 0 Å². The second kappa shape index (κ2) is 9.87. The summed E-state index contributed by atoms with van der Waals surface area (Å²) in [5, 5.41) is 3.00. The van der Waals surface area contributed by atoms with Crippen molar-refractivity contribution in [2.24, 2.45) is 0 Å². The van der Waals surface area contributed by atoms with Crippen LogP contribution in [0.25, 0.3) is 0 Å². The number of hydrogen-bond acceptors (Lipinski definition) is 5. The second-order valence-electron chi connectivity index (χ2n) is 7.96. The zero-order chi connectivity index (χ0) is 22.5. The van der Waals surface area contributed by atoms with Crippen LogP contribution in [0, 0.1) is 0 Å². The van der Waals surface area contributed by atoms with E-state index >= 15 is 0 Å². The van der Waals surface area contributed by atoms with Gasteiger partial charge in [-0.1, -0.05) is 42.5 Å². The summed E-state index contributed by atoms with van der Waals surface area (Å²) in [4.78, 5) is 27.6. The molecule has 2 amide bonds. The van der Waals surface area contributed by atoms with Crippen molar-refractivity contribution in [2.45, 2.75) is 38.5 Å². The van der Waals surface area contributed by atoms with Crippen LogP contribution in [0.4, 0.5) is 4.79 Å². The fraction of sp³-hybridized carbons (Fsp3) is 0.360. The Hall–Kier alpha value is -3.32. The molecule has 0 saturated heterocycles. The third kappa shape index (κ3) is 4.94. The molecule has 1 saturated carbocycles. The Labute approximate surface area is 188 Å². The van der Waals surface area contributed by atoms with E-state index in [0.29, 0.717) is 30.2 Å². The molecular weight excluding hydrogens is 408 g/mol. The highest BCUT2D eigenvalue weighted by atomic mass is 16.6. The zero-order valence-electron chi connectivity index (χ0n) is 18.4. The molecule has 1 heterocycles. The number of esters is 1. The average molecular weight is 437 g/mol. The minimum atomic E-state index is -0.618. The minimum absolute atomic E-state index is 0.137. The lowest BCUT2D eigenvalue weighted by atomic mass is 9.94. The lowest BCUT2D eigenvalue weighted by Crippen LogP contribution is -2.49. The number of allylic oxidation sites excluding steroid dienone is 1. The molecule has 2 aromatic rings. The molecule has 2 aliphatic rings. The van der Waals surface area contributed by atoms with Crippen molar-refractivity contribution in [3.05, 3.63) is 77.0 Å². The lowest BCUT2D eigenvalue weighted by Gasteiger charge is -2.35. The highest BCUT2D eigenvalue weighted by Gasteiger charge is 2.42. The highest BCUT2D eigenvalue weighted by Crippen LogP contribution is 2.38. The Balaban J connectivity index is 1.59. The number of ether oxygens (including phenoxy) is 3. The smallest absolute Gasteiger partial charge is 0.338 e. The van der Waals surface area contributed by atoms with E-state index in [-0.39, 0.29) is 18.7 Å². The molecule has 1 N–H and O–H groups in total. The molecular formula is C25H28N2O5. The van der Waals surface area contributed by atoms with Gasteiger partial charge in [0.05, 0.1) is 18.2 Å². The number of amides is 2. The molecule has 168 valence electrons. The Morgan fingerprint density at radius 1 is 1.09 bits per heavy atom. The van der Waals surface area contributed by atoms with Gasteiger partial charge in [0.25, 0.3) is 0 Å². The number of nitrogens with zero attached hydrogens (tertiary/aromatic N) is 1. The molecule has 1 unspecified atom stereocenters. The number of carbonyl (C=O) groups is 2. The standard InChI is InChI=1S/C25H28N2O5/c1-17-22(24(28)31-14-13-30-2)23(26-25(29)27(17)20-11-12-20)19-9-6-10-21(15-19)32-16-18-7-4-3-5-8-18/h3-10,15,20,23H,11-14,16H2,1-2H3,(H,26,29). The number of hydrogen-bond donors (Lipinski definition) is 1. The lowest BCUT2D eigenvalue weighted by molar-refractivity contribution is -0.140. The van der Waals surface area contributed by atoms with E-state index in [2.05, 4.69) is 5.32 Å². The van der Waals surface area contributed by atoms with Gasteiger partial charge >= 0.3 is 12.0 Å². The normalized spacial score (nSPS) is 18.4. The third-order valence-electron chi connectivity index (χ3n) is 5.62. The molecule has 32 heavy (non-hydrogen) atoms. The van der Waals surface area contributed by atoms with E-state index in [0.717, 1.165) is 24.0 Å². The predicted molar refractivity (Wildman–Crippen MR) is 119 cm³/mol. The summed E-state index contributed by atoms with van der Waals surface area (Å²) in [6, 6.07) is 16.7. The van der Waals surface area contributed by atoms with Crippen LogP contribution in [-0.4, -0.2) is 43.3 Å². The summed E-state index contributed by atoms with van der Waals surface area (Å²) in [6.07, 6.45) is 1.87. The molecule has 7 nitrogen and oxygen atoms in total. The van der Waals surface area contributed by atoms with Gasteiger partial charge in [-0.3, -0.25) is 4.90 Å². The molecule has 1 aliphatic heterocycles. The molecule has 4 rings (SSSR count). The number of carbonyl (C=O) groups excluding carboxylic acids is 2. The van der Waals surface area contributed by atoms with Gasteiger partial charge in [-0.2, -0.15) is 0 Å².